The lowest BCUT2D eigenvalue weighted by Gasteiger charge is -2.23. The average Bonchev–Trinajstić information content (AvgIpc) is 2.67. The zero-order valence-electron chi connectivity index (χ0n) is 10.2. The summed E-state index contributed by atoms with van der Waals surface area (Å²) >= 11 is 0. The van der Waals surface area contributed by atoms with Gasteiger partial charge in [-0.25, -0.2) is 4.79 Å². The molecule has 0 aromatic carbocycles. The summed E-state index contributed by atoms with van der Waals surface area (Å²) in [6.45, 7) is 0.634. The highest BCUT2D eigenvalue weighted by atomic mass is 16.5. The molecule has 2 heterocycles. The van der Waals surface area contributed by atoms with Gasteiger partial charge in [0.25, 0.3) is 5.56 Å². The number of Topliss-reactive ketones (excluding diaryl/α,β-unsaturated/α-hetero) is 1. The van der Waals surface area contributed by atoms with Crippen LogP contribution in [-0.4, -0.2) is 43.9 Å². The molecular weight excluding hydrogens is 256 g/mol. The van der Waals surface area contributed by atoms with Gasteiger partial charge in [-0.05, 0) is 6.92 Å². The van der Waals surface area contributed by atoms with Crippen molar-refractivity contribution in [3.8, 4) is 0 Å². The third-order valence-corrected chi connectivity index (χ3v) is 3.28. The highest BCUT2D eigenvalue weighted by Gasteiger charge is 2.51. The van der Waals surface area contributed by atoms with E-state index in [9.17, 15) is 19.5 Å². The third-order valence-electron chi connectivity index (χ3n) is 3.28. The molecule has 0 spiro atoms. The van der Waals surface area contributed by atoms with Crippen LogP contribution in [0.5, 0.6) is 0 Å². The smallest absolute Gasteiger partial charge is 0.330 e. The van der Waals surface area contributed by atoms with Crippen molar-refractivity contribution in [3.05, 3.63) is 33.1 Å². The van der Waals surface area contributed by atoms with E-state index >= 15 is 0 Å². The van der Waals surface area contributed by atoms with Crippen molar-refractivity contribution >= 4 is 5.78 Å². The fraction of sp³-hybridized carbons (Fsp3) is 0.545. The van der Waals surface area contributed by atoms with Crippen molar-refractivity contribution < 1.29 is 19.7 Å². The minimum atomic E-state index is -1.84. The molecule has 1 fully saturated rings. The number of aromatic amines is 1. The summed E-state index contributed by atoms with van der Waals surface area (Å²) in [6, 6.07) is 1.13. The number of nitrogens with zero attached hydrogens (tertiary/aromatic N) is 1. The highest BCUT2D eigenvalue weighted by molar-refractivity contribution is 5.85. The second-order valence-electron chi connectivity index (χ2n) is 4.46. The molecule has 0 radical (unpaired) electrons. The number of hydrogen-bond donors (Lipinski definition) is 3. The second-order valence-corrected chi connectivity index (χ2v) is 4.46. The first kappa shape index (κ1) is 13.7. The lowest BCUT2D eigenvalue weighted by molar-refractivity contribution is -0.144. The molecule has 1 aliphatic heterocycles. The quantitative estimate of drug-likeness (QED) is 0.592. The van der Waals surface area contributed by atoms with E-state index < -0.39 is 41.6 Å². The fourth-order valence-electron chi connectivity index (χ4n) is 2.13. The van der Waals surface area contributed by atoms with Crippen LogP contribution in [-0.2, 0) is 9.53 Å². The third kappa shape index (κ3) is 2.25. The Hall–Kier alpha value is -1.77. The van der Waals surface area contributed by atoms with Gasteiger partial charge in [0.15, 0.2) is 11.4 Å². The number of ether oxygens (including phenoxy) is 1. The van der Waals surface area contributed by atoms with E-state index in [1.54, 1.807) is 0 Å². The molecule has 8 heteroatoms. The Morgan fingerprint density at radius 1 is 1.63 bits per heavy atom. The first-order chi connectivity index (χ1) is 8.88. The lowest BCUT2D eigenvalue weighted by Crippen LogP contribution is -2.46. The maximum Gasteiger partial charge on any atom is 0.330 e. The highest BCUT2D eigenvalue weighted by Crippen LogP contribution is 2.36. The van der Waals surface area contributed by atoms with E-state index in [4.69, 9.17) is 9.84 Å². The van der Waals surface area contributed by atoms with Gasteiger partial charge in [0.05, 0.1) is 6.61 Å². The van der Waals surface area contributed by atoms with Crippen LogP contribution in [0.1, 0.15) is 19.6 Å². The average molecular weight is 270 g/mol. The van der Waals surface area contributed by atoms with Gasteiger partial charge in [-0.3, -0.25) is 19.1 Å². The topological polar surface area (TPSA) is 122 Å². The Balaban J connectivity index is 2.37. The SMILES string of the molecule is CC(=O)[C@]1(O)C[C@H](n2ccc(=O)[nH]c2=O)O[C@@H]1CO. The molecular formula is C11H14N2O6. The zero-order chi connectivity index (χ0) is 14.2. The van der Waals surface area contributed by atoms with Gasteiger partial charge in [-0.1, -0.05) is 0 Å². The van der Waals surface area contributed by atoms with Gasteiger partial charge in [0.2, 0.25) is 0 Å². The number of hydrogen-bond acceptors (Lipinski definition) is 6. The summed E-state index contributed by atoms with van der Waals surface area (Å²) in [5.74, 6) is -0.550. The number of carbonyl (C=O) groups excluding carboxylic acids is 1. The lowest BCUT2D eigenvalue weighted by atomic mass is 9.91. The summed E-state index contributed by atoms with van der Waals surface area (Å²) in [6.07, 6.45) is -0.977. The maximum absolute atomic E-state index is 11.6. The number of nitrogens with one attached hydrogen (secondary N) is 1. The largest absolute Gasteiger partial charge is 0.394 e. The monoisotopic (exact) mass is 270 g/mol. The first-order valence-electron chi connectivity index (χ1n) is 5.69. The molecule has 0 amide bonds. The van der Waals surface area contributed by atoms with Crippen molar-refractivity contribution in [2.24, 2.45) is 0 Å². The molecule has 0 bridgehead atoms. The number of aromatic nitrogens is 2. The van der Waals surface area contributed by atoms with Gasteiger partial charge >= 0.3 is 5.69 Å². The van der Waals surface area contributed by atoms with E-state index in [0.29, 0.717) is 0 Å². The predicted octanol–water partition coefficient (Wildman–Crippen LogP) is -1.86. The predicted molar refractivity (Wildman–Crippen MR) is 62.6 cm³/mol. The molecule has 3 atom stereocenters. The van der Waals surface area contributed by atoms with E-state index in [-0.39, 0.29) is 6.42 Å². The van der Waals surface area contributed by atoms with Gasteiger partial charge in [-0.2, -0.15) is 0 Å². The molecule has 0 saturated carbocycles. The van der Waals surface area contributed by atoms with E-state index in [2.05, 4.69) is 0 Å². The first-order valence-corrected chi connectivity index (χ1v) is 5.69. The Morgan fingerprint density at radius 2 is 2.32 bits per heavy atom. The van der Waals surface area contributed by atoms with Crippen LogP contribution in [0.3, 0.4) is 0 Å². The van der Waals surface area contributed by atoms with Crippen LogP contribution in [0.4, 0.5) is 0 Å². The number of aliphatic hydroxyl groups excluding tert-OH is 1. The molecule has 1 saturated heterocycles. The molecule has 1 aromatic heterocycles. The maximum atomic E-state index is 11.6. The Morgan fingerprint density at radius 3 is 2.79 bits per heavy atom. The van der Waals surface area contributed by atoms with Gasteiger partial charge < -0.3 is 14.9 Å². The van der Waals surface area contributed by atoms with Crippen molar-refractivity contribution in [1.29, 1.82) is 0 Å². The van der Waals surface area contributed by atoms with Gasteiger partial charge in [-0.15, -0.1) is 0 Å². The Labute approximate surface area is 107 Å². The number of aliphatic hydroxyl groups is 2. The minimum absolute atomic E-state index is 0.167. The van der Waals surface area contributed by atoms with E-state index in [1.807, 2.05) is 4.98 Å². The summed E-state index contributed by atoms with van der Waals surface area (Å²) < 4.78 is 6.37. The standard InChI is InChI=1S/C11H14N2O6/c1-6(15)11(18)4-9(19-7(11)5-14)13-3-2-8(16)12-10(13)17/h2-3,7,9,14,18H,4-5H2,1H3,(H,12,16,17)/t7-,9-,11-/m1/s1. The van der Waals surface area contributed by atoms with Crippen molar-refractivity contribution in [1.82, 2.24) is 9.55 Å². The molecule has 0 aliphatic carbocycles. The zero-order valence-corrected chi connectivity index (χ0v) is 10.2. The molecule has 104 valence electrons. The molecule has 1 aromatic rings. The van der Waals surface area contributed by atoms with Crippen LogP contribution < -0.4 is 11.2 Å². The van der Waals surface area contributed by atoms with E-state index in [1.165, 1.54) is 13.1 Å². The molecule has 19 heavy (non-hydrogen) atoms. The number of ketones is 1. The summed E-state index contributed by atoms with van der Waals surface area (Å²) in [7, 11) is 0. The normalized spacial score (nSPS) is 30.5. The molecule has 1 aliphatic rings. The van der Waals surface area contributed by atoms with Crippen molar-refractivity contribution in [2.45, 2.75) is 31.3 Å². The number of H-pyrrole nitrogens is 1. The van der Waals surface area contributed by atoms with Gasteiger partial charge in [0, 0.05) is 18.7 Å². The van der Waals surface area contributed by atoms with Crippen LogP contribution >= 0.6 is 0 Å². The number of rotatable bonds is 3. The fourth-order valence-corrected chi connectivity index (χ4v) is 2.13. The molecule has 8 nitrogen and oxygen atoms in total. The van der Waals surface area contributed by atoms with E-state index in [0.717, 1.165) is 10.6 Å². The Kier molecular flexibility index (Phi) is 3.40. The number of carbonyl (C=O) groups is 1. The summed E-state index contributed by atoms with van der Waals surface area (Å²) in [5.41, 5.74) is -3.10. The van der Waals surface area contributed by atoms with Gasteiger partial charge in [0.1, 0.15) is 12.3 Å². The van der Waals surface area contributed by atoms with Crippen LogP contribution in [0.2, 0.25) is 0 Å². The molecule has 2 rings (SSSR count). The Bertz CT molecular complexity index is 606. The van der Waals surface area contributed by atoms with Crippen LogP contribution in [0, 0.1) is 0 Å². The van der Waals surface area contributed by atoms with Crippen molar-refractivity contribution in [2.75, 3.05) is 6.61 Å². The second kappa shape index (κ2) is 4.72. The minimum Gasteiger partial charge on any atom is -0.394 e. The molecule has 0 unspecified atom stereocenters. The summed E-state index contributed by atoms with van der Waals surface area (Å²) in [4.78, 5) is 36.1. The van der Waals surface area contributed by atoms with Crippen LogP contribution in [0.25, 0.3) is 0 Å². The molecule has 3 N–H and O–H groups in total. The summed E-state index contributed by atoms with van der Waals surface area (Å²) in [5, 5.41) is 19.3. The van der Waals surface area contributed by atoms with Crippen molar-refractivity contribution in [3.63, 3.8) is 0 Å². The van der Waals surface area contributed by atoms with Crippen LogP contribution in [0.15, 0.2) is 21.9 Å².